The Morgan fingerprint density at radius 1 is 0.733 bits per heavy atom. The summed E-state index contributed by atoms with van der Waals surface area (Å²) in [7, 11) is 0. The molecule has 0 heterocycles. The van der Waals surface area contributed by atoms with Gasteiger partial charge in [0.1, 0.15) is 23.9 Å². The molecule has 0 aliphatic heterocycles. The van der Waals surface area contributed by atoms with Gasteiger partial charge in [-0.05, 0) is 17.7 Å². The molecule has 15 nitrogen and oxygen atoms in total. The molecule has 6 amide bonds. The van der Waals surface area contributed by atoms with Crippen molar-refractivity contribution in [2.24, 2.45) is 5.73 Å². The van der Waals surface area contributed by atoms with Crippen molar-refractivity contribution in [2.45, 2.75) is 31.5 Å². The zero-order valence-corrected chi connectivity index (χ0v) is 30.7. The fourth-order valence-corrected chi connectivity index (χ4v) is 3.33. The van der Waals surface area contributed by atoms with Crippen LogP contribution < -0.4 is 32.3 Å². The molecule has 20 heteroatoms. The number of primary amides is 1. The summed E-state index contributed by atoms with van der Waals surface area (Å²) in [6.45, 7) is 0.687. The molecule has 0 aromatic heterocycles. The van der Waals surface area contributed by atoms with E-state index in [1.165, 1.54) is 19.1 Å². The largest absolute Gasteiger partial charge is 0.508 e. The molecular formula is C25H42N6O9ReS4. The minimum Gasteiger partial charge on any atom is -0.508 e. The number of nitrogens with one attached hydrogen (secondary N) is 5. The van der Waals surface area contributed by atoms with Crippen LogP contribution in [0.4, 0.5) is 0 Å². The topological polar surface area (TPSA) is 249 Å². The molecule has 0 unspecified atom stereocenters. The zero-order valence-electron chi connectivity index (χ0n) is 24.4. The molecule has 3 atom stereocenters. The molecule has 0 saturated heterocycles. The van der Waals surface area contributed by atoms with E-state index in [2.05, 4.69) is 77.1 Å². The van der Waals surface area contributed by atoms with Gasteiger partial charge >= 0.3 is 0 Å². The van der Waals surface area contributed by atoms with Gasteiger partial charge in [-0.3, -0.25) is 28.8 Å². The summed E-state index contributed by atoms with van der Waals surface area (Å²) in [5.41, 5.74) is 5.63. The Morgan fingerprint density at radius 2 is 1.18 bits per heavy atom. The van der Waals surface area contributed by atoms with Crippen molar-refractivity contribution in [3.8, 4) is 5.75 Å². The molecular weight excluding hydrogens is 845 g/mol. The first kappa shape index (κ1) is 47.2. The number of aliphatic hydroxyl groups excluding tert-OH is 2. The number of aromatic hydroxyl groups is 1. The molecule has 0 aliphatic rings. The number of aliphatic hydroxyl groups is 2. The smallest absolute Gasteiger partial charge is 0.244 e. The number of nitrogens with two attached hydrogens (primary N) is 1. The molecule has 1 aromatic rings. The molecule has 45 heavy (non-hydrogen) atoms. The number of benzene rings is 1. The molecule has 0 fully saturated rings. The number of hydrogen-bond acceptors (Lipinski definition) is 13. The Hall–Kier alpha value is -2.18. The van der Waals surface area contributed by atoms with E-state index in [4.69, 9.17) is 15.9 Å². The molecule has 0 bridgehead atoms. The van der Waals surface area contributed by atoms with Crippen LogP contribution in [0.3, 0.4) is 0 Å². The van der Waals surface area contributed by atoms with Gasteiger partial charge in [-0.15, -0.1) is 0 Å². The van der Waals surface area contributed by atoms with Crippen molar-refractivity contribution in [1.29, 1.82) is 0 Å². The van der Waals surface area contributed by atoms with Crippen LogP contribution in [-0.2, 0) is 55.6 Å². The van der Waals surface area contributed by atoms with Gasteiger partial charge in [0.25, 0.3) is 0 Å². The van der Waals surface area contributed by atoms with Gasteiger partial charge in [-0.1, -0.05) is 12.1 Å². The second-order valence-electron chi connectivity index (χ2n) is 8.47. The maximum absolute atomic E-state index is 12.6. The van der Waals surface area contributed by atoms with E-state index in [0.717, 1.165) is 0 Å². The monoisotopic (exact) mass is 886 g/mol. The predicted molar refractivity (Wildman–Crippen MR) is 178 cm³/mol. The molecule has 10 N–H and O–H groups in total. The minimum atomic E-state index is -1.15. The van der Waals surface area contributed by atoms with E-state index in [9.17, 15) is 33.9 Å². The van der Waals surface area contributed by atoms with Crippen LogP contribution >= 0.6 is 50.5 Å². The van der Waals surface area contributed by atoms with Crippen LogP contribution in [-0.4, -0.2) is 118 Å². The fourth-order valence-electron chi connectivity index (χ4n) is 2.82. The van der Waals surface area contributed by atoms with Gasteiger partial charge in [0, 0.05) is 56.8 Å². The summed E-state index contributed by atoms with van der Waals surface area (Å²) >= 11 is 15.4. The van der Waals surface area contributed by atoms with E-state index in [1.54, 1.807) is 12.1 Å². The third-order valence-electron chi connectivity index (χ3n) is 4.78. The van der Waals surface area contributed by atoms with E-state index >= 15 is 0 Å². The molecule has 1 aromatic carbocycles. The number of carbonyl (C=O) groups excluding carboxylic acids is 6. The summed E-state index contributed by atoms with van der Waals surface area (Å²) in [6.07, 6.45) is 0.109. The third kappa shape index (κ3) is 24.7. The molecule has 0 saturated carbocycles. The van der Waals surface area contributed by atoms with Gasteiger partial charge in [0.05, 0.1) is 26.3 Å². The van der Waals surface area contributed by atoms with E-state index < -0.39 is 66.7 Å². The van der Waals surface area contributed by atoms with E-state index in [0.29, 0.717) is 17.1 Å². The normalized spacial score (nSPS) is 11.6. The standard InChI is InChI=1S/C21H30N6O7S2.2C2H6OS.Re/c1-11(28)25-14(6-12-2-4-13(29)5-3-12)19(32)24-8-18(31)26-16(10-36)21(34)27-15(9-35)20(33)23-7-17(22)30;2*3-1-2-4;/h2-5,14-16,29,35-36H,6-10H2,1H3,(H2,22,30)(H,23,33)(H,24,32)(H,25,28)(H,26,31)(H,27,34);2*3-4H,1-2H2;/t14-,15-,16-;;;/m0.../s1/i;;;1+2. The number of thiol groups is 4. The average Bonchev–Trinajstić information content (AvgIpc) is 3.00. The Balaban J connectivity index is -0.00000174. The molecule has 1 radical (unpaired) electrons. The van der Waals surface area contributed by atoms with Gasteiger partial charge in [0.15, 0.2) is 0 Å². The second kappa shape index (κ2) is 29.2. The molecule has 0 aliphatic carbocycles. The minimum absolute atomic E-state index is 0. The van der Waals surface area contributed by atoms with Crippen LogP contribution in [0.25, 0.3) is 0 Å². The molecule has 0 spiro atoms. The Labute approximate surface area is 297 Å². The summed E-state index contributed by atoms with van der Waals surface area (Å²) < 4.78 is 0. The van der Waals surface area contributed by atoms with Crippen LogP contribution in [0.15, 0.2) is 24.3 Å². The Bertz CT molecular complexity index is 1040. The van der Waals surface area contributed by atoms with Crippen molar-refractivity contribution in [2.75, 3.05) is 49.3 Å². The number of amides is 6. The zero-order chi connectivity index (χ0) is 34.1. The quantitative estimate of drug-likeness (QED) is 0.0747. The van der Waals surface area contributed by atoms with Crippen molar-refractivity contribution in [3.63, 3.8) is 0 Å². The SMILES string of the molecule is CC(=O)N[C@@H](Cc1ccc(O)cc1)C(=O)NCC(=O)N[C@@H](CS)C(=O)N[C@@H](CS)C(=O)NCC(N)=O.OCCS.OCCS.[188Re]. The Kier molecular flexibility index (Phi) is 30.7. The van der Waals surface area contributed by atoms with Crippen molar-refractivity contribution in [3.05, 3.63) is 29.8 Å². The summed E-state index contributed by atoms with van der Waals surface area (Å²) in [5, 5.41) is 36.9. The molecule has 257 valence electrons. The van der Waals surface area contributed by atoms with Crippen LogP contribution in [0.5, 0.6) is 5.75 Å². The first-order valence-corrected chi connectivity index (χ1v) is 15.5. The number of hydrogen-bond donors (Lipinski definition) is 13. The maximum atomic E-state index is 12.6. The fraction of sp³-hybridized carbons (Fsp3) is 0.520. The van der Waals surface area contributed by atoms with Crippen LogP contribution in [0.1, 0.15) is 12.5 Å². The summed E-state index contributed by atoms with van der Waals surface area (Å²) in [6, 6.07) is 2.82. The second-order valence-corrected chi connectivity index (χ2v) is 10.1. The average molecular weight is 887 g/mol. The first-order valence-electron chi connectivity index (χ1n) is 12.9. The van der Waals surface area contributed by atoms with Gasteiger partial charge in [-0.25, -0.2) is 0 Å². The maximum Gasteiger partial charge on any atom is 0.244 e. The van der Waals surface area contributed by atoms with Gasteiger partial charge < -0.3 is 47.6 Å². The number of phenols is 1. The summed E-state index contributed by atoms with van der Waals surface area (Å²) in [5.74, 6) is -3.03. The Morgan fingerprint density at radius 3 is 1.60 bits per heavy atom. The van der Waals surface area contributed by atoms with Crippen LogP contribution in [0, 0.1) is 0 Å². The van der Waals surface area contributed by atoms with Crippen molar-refractivity contribution < 1.29 is 64.5 Å². The summed E-state index contributed by atoms with van der Waals surface area (Å²) in [4.78, 5) is 71.7. The van der Waals surface area contributed by atoms with Gasteiger partial charge in [-0.2, -0.15) is 50.5 Å². The number of carbonyl (C=O) groups is 6. The van der Waals surface area contributed by atoms with Crippen molar-refractivity contribution in [1.82, 2.24) is 26.6 Å². The predicted octanol–water partition coefficient (Wildman–Crippen LogP) is -3.20. The number of rotatable bonds is 16. The van der Waals surface area contributed by atoms with Crippen molar-refractivity contribution >= 4 is 86.0 Å². The third-order valence-corrected chi connectivity index (χ3v) is 5.91. The van der Waals surface area contributed by atoms with Gasteiger partial charge in [0.2, 0.25) is 35.4 Å². The number of phenolic OH excluding ortho intramolecular Hbond substituents is 1. The van der Waals surface area contributed by atoms with Crippen LogP contribution in [0.2, 0.25) is 0 Å². The molecule has 1 rings (SSSR count). The first-order chi connectivity index (χ1) is 20.8. The van der Waals surface area contributed by atoms with E-state index in [-0.39, 0.29) is 57.3 Å². The van der Waals surface area contributed by atoms with E-state index in [1.807, 2.05) is 0 Å².